The fraction of sp³-hybridized carbons (Fsp3) is 0.538. The molecule has 1 saturated heterocycles. The second-order valence-corrected chi connectivity index (χ2v) is 8.54. The first-order valence-electron chi connectivity index (χ1n) is 12.2. The summed E-state index contributed by atoms with van der Waals surface area (Å²) in [6, 6.07) is 5.72. The van der Waals surface area contributed by atoms with E-state index in [9.17, 15) is 9.59 Å². The van der Waals surface area contributed by atoms with E-state index >= 15 is 0 Å². The van der Waals surface area contributed by atoms with Crippen LogP contribution in [0.4, 0.5) is 0 Å². The number of hydrogen-bond acceptors (Lipinski definition) is 5. The van der Waals surface area contributed by atoms with Gasteiger partial charge in [-0.25, -0.2) is 0 Å². The summed E-state index contributed by atoms with van der Waals surface area (Å²) in [7, 11) is 0. The maximum Gasteiger partial charge on any atom is 0.270 e. The summed E-state index contributed by atoms with van der Waals surface area (Å²) in [6.07, 6.45) is 1.56. The van der Waals surface area contributed by atoms with E-state index in [1.165, 1.54) is 0 Å². The summed E-state index contributed by atoms with van der Waals surface area (Å²) in [5.74, 6) is 1.45. The van der Waals surface area contributed by atoms with E-state index in [1.54, 1.807) is 4.90 Å². The van der Waals surface area contributed by atoms with Crippen molar-refractivity contribution in [1.82, 2.24) is 15.2 Å². The van der Waals surface area contributed by atoms with E-state index in [2.05, 4.69) is 10.3 Å². The van der Waals surface area contributed by atoms with Crippen molar-refractivity contribution in [3.63, 3.8) is 0 Å². The minimum absolute atomic E-state index is 0.0441. The van der Waals surface area contributed by atoms with Gasteiger partial charge in [0.25, 0.3) is 5.91 Å². The van der Waals surface area contributed by atoms with Crippen LogP contribution in [0.5, 0.6) is 17.2 Å². The van der Waals surface area contributed by atoms with Crippen molar-refractivity contribution in [2.45, 2.75) is 54.0 Å². The van der Waals surface area contributed by atoms with E-state index in [0.717, 1.165) is 29.7 Å². The molecule has 186 valence electrons. The van der Waals surface area contributed by atoms with E-state index in [1.807, 2.05) is 52.8 Å². The molecule has 0 spiro atoms. The molecule has 0 saturated carbocycles. The number of nitrogens with zero attached hydrogens (tertiary/aromatic N) is 1. The Hall–Kier alpha value is -3.16. The number of H-pyrrole nitrogens is 1. The third-order valence-corrected chi connectivity index (χ3v) is 5.88. The van der Waals surface area contributed by atoms with Gasteiger partial charge in [0.15, 0.2) is 11.5 Å². The van der Waals surface area contributed by atoms with E-state index in [-0.39, 0.29) is 17.7 Å². The summed E-state index contributed by atoms with van der Waals surface area (Å²) in [4.78, 5) is 30.9. The van der Waals surface area contributed by atoms with Gasteiger partial charge >= 0.3 is 0 Å². The lowest BCUT2D eigenvalue weighted by atomic mass is 9.96. The third kappa shape index (κ3) is 6.04. The Labute approximate surface area is 202 Å². The molecule has 0 bridgehead atoms. The molecule has 34 heavy (non-hydrogen) atoms. The third-order valence-electron chi connectivity index (χ3n) is 5.88. The minimum Gasteiger partial charge on any atom is -0.490 e. The second-order valence-electron chi connectivity index (χ2n) is 8.54. The van der Waals surface area contributed by atoms with Gasteiger partial charge < -0.3 is 29.4 Å². The van der Waals surface area contributed by atoms with Crippen molar-refractivity contribution in [1.29, 1.82) is 0 Å². The Bertz CT molecular complexity index is 973. The SMILES string of the molecule is CCOc1cc(CNC(=O)[C@@H]2CCCN(C(=O)c3[nH]c(C)cc3C)C2)cc(OCC)c1OCC. The molecule has 8 heteroatoms. The van der Waals surface area contributed by atoms with Gasteiger partial charge in [-0.2, -0.15) is 0 Å². The van der Waals surface area contributed by atoms with Crippen LogP contribution in [0, 0.1) is 19.8 Å². The second kappa shape index (κ2) is 11.8. The number of amides is 2. The summed E-state index contributed by atoms with van der Waals surface area (Å²) in [5, 5.41) is 3.04. The van der Waals surface area contributed by atoms with Crippen LogP contribution in [0.15, 0.2) is 18.2 Å². The standard InChI is InChI=1S/C26H37N3O5/c1-6-32-21-13-19(14-22(33-7-2)24(21)34-8-3)15-27-25(30)20-10-9-11-29(16-20)26(31)23-17(4)12-18(5)28-23/h12-14,20,28H,6-11,15-16H2,1-5H3,(H,27,30)/t20-/m1/s1. The van der Waals surface area contributed by atoms with Gasteiger partial charge in [-0.1, -0.05) is 0 Å². The Balaban J connectivity index is 1.67. The first-order valence-corrected chi connectivity index (χ1v) is 12.2. The number of nitrogens with one attached hydrogen (secondary N) is 2. The highest BCUT2D eigenvalue weighted by Gasteiger charge is 2.30. The fourth-order valence-corrected chi connectivity index (χ4v) is 4.36. The van der Waals surface area contributed by atoms with Crippen LogP contribution in [-0.2, 0) is 11.3 Å². The molecule has 8 nitrogen and oxygen atoms in total. The zero-order valence-electron chi connectivity index (χ0n) is 21.0. The number of benzene rings is 1. The van der Waals surface area contributed by atoms with Crippen LogP contribution < -0.4 is 19.5 Å². The molecule has 0 radical (unpaired) electrons. The number of aryl methyl sites for hydroxylation is 2. The summed E-state index contributed by atoms with van der Waals surface area (Å²) in [6.45, 7) is 12.5. The van der Waals surface area contributed by atoms with Gasteiger partial charge in [0, 0.05) is 25.3 Å². The molecular formula is C26H37N3O5. The van der Waals surface area contributed by atoms with Gasteiger partial charge in [0.05, 0.1) is 25.7 Å². The van der Waals surface area contributed by atoms with Gasteiger partial charge in [-0.3, -0.25) is 9.59 Å². The van der Waals surface area contributed by atoms with Crippen molar-refractivity contribution in [3.8, 4) is 17.2 Å². The van der Waals surface area contributed by atoms with Gasteiger partial charge in [-0.05, 0) is 76.8 Å². The van der Waals surface area contributed by atoms with E-state index < -0.39 is 0 Å². The molecule has 1 aliphatic rings. The fourth-order valence-electron chi connectivity index (χ4n) is 4.36. The number of aromatic nitrogens is 1. The zero-order valence-corrected chi connectivity index (χ0v) is 21.0. The lowest BCUT2D eigenvalue weighted by molar-refractivity contribution is -0.126. The Morgan fingerprint density at radius 2 is 1.68 bits per heavy atom. The number of rotatable bonds is 10. The number of carbonyl (C=O) groups is 2. The highest BCUT2D eigenvalue weighted by atomic mass is 16.5. The minimum atomic E-state index is -0.241. The van der Waals surface area contributed by atoms with Crippen molar-refractivity contribution in [2.24, 2.45) is 5.92 Å². The number of hydrogen-bond donors (Lipinski definition) is 2. The van der Waals surface area contributed by atoms with Crippen LogP contribution in [0.25, 0.3) is 0 Å². The molecule has 2 N–H and O–H groups in total. The normalized spacial score (nSPS) is 15.7. The monoisotopic (exact) mass is 471 g/mol. The molecule has 2 aromatic rings. The lowest BCUT2D eigenvalue weighted by Crippen LogP contribution is -2.45. The average molecular weight is 472 g/mol. The Kier molecular flexibility index (Phi) is 8.85. The van der Waals surface area contributed by atoms with Crippen LogP contribution in [0.1, 0.15) is 60.9 Å². The molecule has 0 unspecified atom stereocenters. The van der Waals surface area contributed by atoms with Crippen LogP contribution in [0.2, 0.25) is 0 Å². The molecule has 2 amide bonds. The number of aromatic amines is 1. The molecule has 1 aliphatic heterocycles. The van der Waals surface area contributed by atoms with Gasteiger partial charge in [0.1, 0.15) is 5.69 Å². The predicted octanol–water partition coefficient (Wildman–Crippen LogP) is 4.00. The van der Waals surface area contributed by atoms with Crippen molar-refractivity contribution >= 4 is 11.8 Å². The summed E-state index contributed by atoms with van der Waals surface area (Å²) < 4.78 is 17.3. The predicted molar refractivity (Wildman–Crippen MR) is 131 cm³/mol. The summed E-state index contributed by atoms with van der Waals surface area (Å²) >= 11 is 0. The number of piperidine rings is 1. The van der Waals surface area contributed by atoms with Gasteiger partial charge in [0.2, 0.25) is 11.7 Å². The molecule has 1 atom stereocenters. The zero-order chi connectivity index (χ0) is 24.7. The maximum absolute atomic E-state index is 13.0. The number of carbonyl (C=O) groups excluding carboxylic acids is 2. The number of likely N-dealkylation sites (tertiary alicyclic amines) is 1. The van der Waals surface area contributed by atoms with Crippen LogP contribution in [0.3, 0.4) is 0 Å². The molecule has 0 aliphatic carbocycles. The van der Waals surface area contributed by atoms with Crippen LogP contribution >= 0.6 is 0 Å². The lowest BCUT2D eigenvalue weighted by Gasteiger charge is -2.32. The largest absolute Gasteiger partial charge is 0.490 e. The first kappa shape index (κ1) is 25.5. The van der Waals surface area contributed by atoms with Crippen molar-refractivity contribution in [3.05, 3.63) is 40.7 Å². The average Bonchev–Trinajstić information content (AvgIpc) is 3.17. The van der Waals surface area contributed by atoms with Crippen molar-refractivity contribution < 1.29 is 23.8 Å². The summed E-state index contributed by atoms with van der Waals surface area (Å²) in [5.41, 5.74) is 3.37. The highest BCUT2D eigenvalue weighted by molar-refractivity contribution is 5.94. The topological polar surface area (TPSA) is 92.9 Å². The molecular weight excluding hydrogens is 434 g/mol. The smallest absolute Gasteiger partial charge is 0.270 e. The molecule has 2 heterocycles. The molecule has 1 fully saturated rings. The van der Waals surface area contributed by atoms with Crippen LogP contribution in [-0.4, -0.2) is 54.6 Å². The van der Waals surface area contributed by atoms with Gasteiger partial charge in [-0.15, -0.1) is 0 Å². The Morgan fingerprint density at radius 1 is 1.03 bits per heavy atom. The number of ether oxygens (including phenoxy) is 3. The molecule has 1 aromatic heterocycles. The Morgan fingerprint density at radius 3 is 2.24 bits per heavy atom. The van der Waals surface area contributed by atoms with E-state index in [0.29, 0.717) is 62.4 Å². The first-order chi connectivity index (χ1) is 16.4. The quantitative estimate of drug-likeness (QED) is 0.546. The molecule has 1 aromatic carbocycles. The molecule has 3 rings (SSSR count). The highest BCUT2D eigenvalue weighted by Crippen LogP contribution is 2.39. The van der Waals surface area contributed by atoms with Crippen molar-refractivity contribution in [2.75, 3.05) is 32.9 Å². The van der Waals surface area contributed by atoms with E-state index in [4.69, 9.17) is 14.2 Å². The maximum atomic E-state index is 13.0.